The minimum atomic E-state index is 0.605. The van der Waals surface area contributed by atoms with Crippen molar-refractivity contribution in [3.05, 3.63) is 48.2 Å². The Balaban J connectivity index is 2.97. The lowest BCUT2D eigenvalue weighted by atomic mass is 9.97. The van der Waals surface area contributed by atoms with Crippen LogP contribution in [0, 0.1) is 5.92 Å². The van der Waals surface area contributed by atoms with Gasteiger partial charge in [0.15, 0.2) is 0 Å². The molecule has 0 aromatic rings. The van der Waals surface area contributed by atoms with E-state index in [1.165, 1.54) is 23.3 Å². The summed E-state index contributed by atoms with van der Waals surface area (Å²) in [5.41, 5.74) is 5.07. The standard InChI is InChI=1S/C15H23N/c1-7-12(4)15-13(5)8-9-14(15)16(6)10-11(2)3/h7,13H,1-2,4,8-10H2,3,5-6H3. The summed E-state index contributed by atoms with van der Waals surface area (Å²) in [6, 6.07) is 0. The number of rotatable bonds is 5. The van der Waals surface area contributed by atoms with Crippen LogP contribution in [-0.2, 0) is 0 Å². The lowest BCUT2D eigenvalue weighted by Gasteiger charge is -2.23. The van der Waals surface area contributed by atoms with Crippen molar-refractivity contribution in [1.29, 1.82) is 0 Å². The van der Waals surface area contributed by atoms with Gasteiger partial charge in [-0.25, -0.2) is 0 Å². The van der Waals surface area contributed by atoms with Gasteiger partial charge < -0.3 is 4.90 Å². The van der Waals surface area contributed by atoms with E-state index in [-0.39, 0.29) is 0 Å². The van der Waals surface area contributed by atoms with Crippen molar-refractivity contribution in [2.45, 2.75) is 26.7 Å². The van der Waals surface area contributed by atoms with Crippen molar-refractivity contribution >= 4 is 0 Å². The Kier molecular flexibility index (Phi) is 4.17. The van der Waals surface area contributed by atoms with Crippen molar-refractivity contribution < 1.29 is 0 Å². The van der Waals surface area contributed by atoms with E-state index < -0.39 is 0 Å². The molecule has 0 aliphatic heterocycles. The average molecular weight is 217 g/mol. The quantitative estimate of drug-likeness (QED) is 0.498. The number of allylic oxidation sites excluding steroid dienone is 4. The molecule has 16 heavy (non-hydrogen) atoms. The Morgan fingerprint density at radius 1 is 1.50 bits per heavy atom. The molecule has 0 fully saturated rings. The third-order valence-corrected chi connectivity index (χ3v) is 3.18. The van der Waals surface area contributed by atoms with E-state index in [0.717, 1.165) is 18.5 Å². The van der Waals surface area contributed by atoms with Crippen LogP contribution in [-0.4, -0.2) is 18.5 Å². The van der Waals surface area contributed by atoms with E-state index in [2.05, 4.69) is 45.5 Å². The van der Waals surface area contributed by atoms with Crippen molar-refractivity contribution in [3.8, 4) is 0 Å². The van der Waals surface area contributed by atoms with Gasteiger partial charge in [-0.3, -0.25) is 0 Å². The van der Waals surface area contributed by atoms with E-state index in [0.29, 0.717) is 5.92 Å². The monoisotopic (exact) mass is 217 g/mol. The predicted octanol–water partition coefficient (Wildman–Crippen LogP) is 3.92. The fourth-order valence-corrected chi connectivity index (χ4v) is 2.43. The molecule has 0 aromatic carbocycles. The molecule has 1 heteroatoms. The SMILES string of the molecule is C=CC(=C)C1=C(N(C)CC(=C)C)CCC1C. The van der Waals surface area contributed by atoms with E-state index in [1.54, 1.807) is 0 Å². The molecule has 1 nitrogen and oxygen atoms in total. The first kappa shape index (κ1) is 12.8. The molecule has 1 unspecified atom stereocenters. The molecule has 1 rings (SSSR count). The fourth-order valence-electron chi connectivity index (χ4n) is 2.43. The molecule has 0 saturated heterocycles. The van der Waals surface area contributed by atoms with Crippen LogP contribution in [0.25, 0.3) is 0 Å². The van der Waals surface area contributed by atoms with Gasteiger partial charge in [0.1, 0.15) is 0 Å². The molecule has 88 valence electrons. The van der Waals surface area contributed by atoms with Gasteiger partial charge in [-0.2, -0.15) is 0 Å². The average Bonchev–Trinajstić information content (AvgIpc) is 2.58. The lowest BCUT2D eigenvalue weighted by molar-refractivity contribution is 0.439. The molecule has 0 bridgehead atoms. The molecule has 0 aromatic heterocycles. The van der Waals surface area contributed by atoms with Crippen LogP contribution in [0.15, 0.2) is 48.2 Å². The van der Waals surface area contributed by atoms with Crippen molar-refractivity contribution in [1.82, 2.24) is 4.90 Å². The summed E-state index contributed by atoms with van der Waals surface area (Å²) >= 11 is 0. The van der Waals surface area contributed by atoms with Gasteiger partial charge in [0.05, 0.1) is 0 Å². The smallest absolute Gasteiger partial charge is 0.0377 e. The van der Waals surface area contributed by atoms with Gasteiger partial charge in [0.2, 0.25) is 0 Å². The molecule has 1 aliphatic rings. The van der Waals surface area contributed by atoms with Gasteiger partial charge in [-0.05, 0) is 36.8 Å². The lowest BCUT2D eigenvalue weighted by Crippen LogP contribution is -2.20. The van der Waals surface area contributed by atoms with Crippen LogP contribution in [0.5, 0.6) is 0 Å². The van der Waals surface area contributed by atoms with Crippen molar-refractivity contribution in [2.75, 3.05) is 13.6 Å². The van der Waals surface area contributed by atoms with Crippen LogP contribution in [0.2, 0.25) is 0 Å². The zero-order valence-corrected chi connectivity index (χ0v) is 10.8. The topological polar surface area (TPSA) is 3.24 Å². The van der Waals surface area contributed by atoms with Crippen LogP contribution in [0.4, 0.5) is 0 Å². The molecule has 1 aliphatic carbocycles. The fraction of sp³-hybridized carbons (Fsp3) is 0.467. The van der Waals surface area contributed by atoms with Crippen molar-refractivity contribution in [2.24, 2.45) is 5.92 Å². The molecular weight excluding hydrogens is 194 g/mol. The van der Waals surface area contributed by atoms with Gasteiger partial charge >= 0.3 is 0 Å². The van der Waals surface area contributed by atoms with Gasteiger partial charge in [-0.1, -0.05) is 38.3 Å². The molecule has 0 heterocycles. The molecule has 1 atom stereocenters. The number of likely N-dealkylation sites (N-methyl/N-ethyl adjacent to an activating group) is 1. The highest BCUT2D eigenvalue weighted by atomic mass is 15.1. The highest BCUT2D eigenvalue weighted by Crippen LogP contribution is 2.37. The molecular formula is C15H23N. The molecule has 0 radical (unpaired) electrons. The Hall–Kier alpha value is -1.24. The maximum absolute atomic E-state index is 4.09. The Morgan fingerprint density at radius 2 is 2.12 bits per heavy atom. The third-order valence-electron chi connectivity index (χ3n) is 3.18. The Bertz CT molecular complexity index is 346. The largest absolute Gasteiger partial charge is 0.374 e. The van der Waals surface area contributed by atoms with Crippen LogP contribution >= 0.6 is 0 Å². The van der Waals surface area contributed by atoms with E-state index in [9.17, 15) is 0 Å². The Morgan fingerprint density at radius 3 is 2.62 bits per heavy atom. The van der Waals surface area contributed by atoms with E-state index in [1.807, 2.05) is 6.08 Å². The van der Waals surface area contributed by atoms with Gasteiger partial charge in [0.25, 0.3) is 0 Å². The summed E-state index contributed by atoms with van der Waals surface area (Å²) in [5.74, 6) is 0.605. The molecule has 0 N–H and O–H groups in total. The maximum atomic E-state index is 4.09. The minimum Gasteiger partial charge on any atom is -0.374 e. The van der Waals surface area contributed by atoms with Crippen molar-refractivity contribution in [3.63, 3.8) is 0 Å². The summed E-state index contributed by atoms with van der Waals surface area (Å²) in [7, 11) is 2.14. The first-order chi connectivity index (χ1) is 7.47. The Labute approximate surface area is 99.8 Å². The van der Waals surface area contributed by atoms with Crippen LogP contribution in [0.1, 0.15) is 26.7 Å². The summed E-state index contributed by atoms with van der Waals surface area (Å²) in [5, 5.41) is 0. The highest BCUT2D eigenvalue weighted by molar-refractivity contribution is 5.43. The summed E-state index contributed by atoms with van der Waals surface area (Å²) in [4.78, 5) is 2.30. The second-order valence-corrected chi connectivity index (χ2v) is 4.84. The first-order valence-electron chi connectivity index (χ1n) is 5.87. The second kappa shape index (κ2) is 5.20. The third kappa shape index (κ3) is 2.66. The number of nitrogens with zero attached hydrogens (tertiary/aromatic N) is 1. The number of hydrogen-bond donors (Lipinski definition) is 0. The second-order valence-electron chi connectivity index (χ2n) is 4.84. The van der Waals surface area contributed by atoms with Gasteiger partial charge in [-0.15, -0.1) is 0 Å². The highest BCUT2D eigenvalue weighted by Gasteiger charge is 2.24. The zero-order chi connectivity index (χ0) is 12.3. The summed E-state index contributed by atoms with van der Waals surface area (Å²) in [6.45, 7) is 17.1. The summed E-state index contributed by atoms with van der Waals surface area (Å²) in [6.07, 6.45) is 4.23. The van der Waals surface area contributed by atoms with Crippen LogP contribution < -0.4 is 0 Å². The molecule has 0 amide bonds. The normalized spacial score (nSPS) is 19.8. The number of hydrogen-bond acceptors (Lipinski definition) is 1. The van der Waals surface area contributed by atoms with E-state index in [4.69, 9.17) is 0 Å². The van der Waals surface area contributed by atoms with E-state index >= 15 is 0 Å². The maximum Gasteiger partial charge on any atom is 0.0377 e. The first-order valence-corrected chi connectivity index (χ1v) is 5.87. The predicted molar refractivity (Wildman–Crippen MR) is 72.2 cm³/mol. The zero-order valence-electron chi connectivity index (χ0n) is 10.8. The van der Waals surface area contributed by atoms with Crippen LogP contribution in [0.3, 0.4) is 0 Å². The van der Waals surface area contributed by atoms with Gasteiger partial charge in [0, 0.05) is 19.3 Å². The molecule has 0 spiro atoms. The minimum absolute atomic E-state index is 0.605. The molecule has 0 saturated carbocycles. The summed E-state index contributed by atoms with van der Waals surface area (Å²) < 4.78 is 0.